The van der Waals surface area contributed by atoms with Crippen molar-refractivity contribution < 1.29 is 20.3 Å². The number of rotatable bonds is 2. The topological polar surface area (TPSA) is 40.2 Å². The molecular formula is C20H19NO4. The van der Waals surface area contributed by atoms with E-state index in [0.29, 0.717) is 11.5 Å². The number of ether oxygens (including phenoxy) is 4. The van der Waals surface area contributed by atoms with E-state index >= 15 is 0 Å². The molecule has 0 amide bonds. The summed E-state index contributed by atoms with van der Waals surface area (Å²) < 4.78 is 30.9. The van der Waals surface area contributed by atoms with Crippen molar-refractivity contribution in [2.75, 3.05) is 27.6 Å². The molecule has 1 unspecified atom stereocenters. The molecular weight excluding hydrogens is 318 g/mol. The number of fused-ring (bicyclic) bond motifs is 5. The van der Waals surface area contributed by atoms with Gasteiger partial charge in [0.15, 0.2) is 23.0 Å². The molecule has 128 valence electrons. The summed E-state index contributed by atoms with van der Waals surface area (Å²) in [5.41, 5.74) is 5.22. The van der Waals surface area contributed by atoms with Crippen LogP contribution >= 0.6 is 0 Å². The van der Waals surface area contributed by atoms with E-state index in [1.54, 1.807) is 14.2 Å². The highest BCUT2D eigenvalue weighted by molar-refractivity contribution is 5.87. The van der Waals surface area contributed by atoms with Crippen LogP contribution in [0.3, 0.4) is 0 Å². The summed E-state index contributed by atoms with van der Waals surface area (Å²) >= 11 is 0. The molecule has 5 nitrogen and oxygen atoms in total. The zero-order chi connectivity index (χ0) is 17.8. The molecule has 3 heterocycles. The van der Waals surface area contributed by atoms with Gasteiger partial charge in [-0.3, -0.25) is 0 Å². The van der Waals surface area contributed by atoms with Gasteiger partial charge in [-0.25, -0.2) is 0 Å². The van der Waals surface area contributed by atoms with Crippen molar-refractivity contribution in [3.63, 3.8) is 0 Å². The predicted molar refractivity (Wildman–Crippen MR) is 94.1 cm³/mol. The third-order valence-corrected chi connectivity index (χ3v) is 5.00. The molecule has 0 saturated heterocycles. The molecule has 5 heteroatoms. The van der Waals surface area contributed by atoms with Crippen LogP contribution in [0.25, 0.3) is 11.8 Å². The Morgan fingerprint density at radius 3 is 2.76 bits per heavy atom. The van der Waals surface area contributed by atoms with E-state index in [2.05, 4.69) is 17.0 Å². The molecule has 3 aliphatic rings. The zero-order valence-electron chi connectivity index (χ0n) is 15.2. The molecule has 0 bridgehead atoms. The van der Waals surface area contributed by atoms with Crippen molar-refractivity contribution in [1.82, 2.24) is 4.90 Å². The van der Waals surface area contributed by atoms with Crippen LogP contribution in [0.4, 0.5) is 0 Å². The van der Waals surface area contributed by atoms with Gasteiger partial charge >= 0.3 is 0 Å². The minimum Gasteiger partial charge on any atom is -0.493 e. The number of methoxy groups -OCH3 is 2. The maximum absolute atomic E-state index is 8.88. The van der Waals surface area contributed by atoms with Crippen LogP contribution < -0.4 is 18.9 Å². The maximum atomic E-state index is 8.88. The summed E-state index contributed by atoms with van der Waals surface area (Å²) in [4.78, 5) is 2.11. The van der Waals surface area contributed by atoms with E-state index in [9.17, 15) is 0 Å². The monoisotopic (exact) mass is 338 g/mol. The Labute approximate surface area is 147 Å². The molecule has 0 aromatic heterocycles. The molecule has 2 aromatic carbocycles. The van der Waals surface area contributed by atoms with Crippen LogP contribution in [0.5, 0.6) is 23.0 Å². The Balaban J connectivity index is 1.70. The summed E-state index contributed by atoms with van der Waals surface area (Å²) in [6.07, 6.45) is 2.99. The quantitative estimate of drug-likeness (QED) is 0.840. The van der Waals surface area contributed by atoms with Gasteiger partial charge in [0.25, 0.3) is 0 Å². The summed E-state index contributed by atoms with van der Waals surface area (Å²) in [5.74, 6) is 2.87. The average Bonchev–Trinajstić information content (AvgIpc) is 3.12. The first kappa shape index (κ1) is 13.5. The summed E-state index contributed by atoms with van der Waals surface area (Å²) in [7, 11) is 3.24. The van der Waals surface area contributed by atoms with E-state index in [4.69, 9.17) is 20.3 Å². The van der Waals surface area contributed by atoms with Crippen molar-refractivity contribution in [1.29, 1.82) is 0 Å². The number of hydrogen-bond donors (Lipinski definition) is 0. The lowest BCUT2D eigenvalue weighted by Gasteiger charge is -2.37. The van der Waals surface area contributed by atoms with E-state index in [-0.39, 0.29) is 6.79 Å². The van der Waals surface area contributed by atoms with Gasteiger partial charge in [-0.05, 0) is 41.8 Å². The van der Waals surface area contributed by atoms with Crippen molar-refractivity contribution in [3.05, 3.63) is 46.5 Å². The van der Waals surface area contributed by atoms with Gasteiger partial charge in [0.2, 0.25) is 6.79 Å². The molecule has 3 aliphatic heterocycles. The molecule has 0 fully saturated rings. The SMILES string of the molecule is [2H]C1c2c(ccc(OC)c2OC)C=C2c3cc4c(cc3CCN21)OCO4. The van der Waals surface area contributed by atoms with Gasteiger partial charge < -0.3 is 23.8 Å². The Morgan fingerprint density at radius 2 is 1.96 bits per heavy atom. The number of nitrogens with zero attached hydrogens (tertiary/aromatic N) is 1. The second-order valence-corrected chi connectivity index (χ2v) is 6.27. The Morgan fingerprint density at radius 1 is 1.12 bits per heavy atom. The van der Waals surface area contributed by atoms with Crippen molar-refractivity contribution in [2.45, 2.75) is 12.9 Å². The average molecular weight is 338 g/mol. The van der Waals surface area contributed by atoms with Crippen molar-refractivity contribution in [3.8, 4) is 23.0 Å². The third kappa shape index (κ3) is 2.08. The smallest absolute Gasteiger partial charge is 0.231 e. The fourth-order valence-corrected chi connectivity index (χ4v) is 3.77. The first-order valence-corrected chi connectivity index (χ1v) is 8.29. The molecule has 0 spiro atoms. The molecule has 25 heavy (non-hydrogen) atoms. The van der Waals surface area contributed by atoms with Gasteiger partial charge in [0, 0.05) is 29.9 Å². The molecule has 1 atom stereocenters. The van der Waals surface area contributed by atoms with E-state index < -0.39 is 6.52 Å². The largest absolute Gasteiger partial charge is 0.493 e. The minimum atomic E-state index is -0.548. The highest BCUT2D eigenvalue weighted by Crippen LogP contribution is 2.45. The summed E-state index contributed by atoms with van der Waals surface area (Å²) in [6.45, 7) is 0.488. The van der Waals surface area contributed by atoms with Crippen molar-refractivity contribution >= 4 is 11.8 Å². The van der Waals surface area contributed by atoms with Crippen LogP contribution in [-0.4, -0.2) is 32.5 Å². The van der Waals surface area contributed by atoms with Gasteiger partial charge in [-0.2, -0.15) is 0 Å². The minimum absolute atomic E-state index is 0.266. The normalized spacial score (nSPS) is 20.1. The molecule has 0 N–H and O–H groups in total. The second-order valence-electron chi connectivity index (χ2n) is 6.27. The highest BCUT2D eigenvalue weighted by atomic mass is 16.7. The van der Waals surface area contributed by atoms with Crippen LogP contribution in [0.1, 0.15) is 23.6 Å². The fourth-order valence-electron chi connectivity index (χ4n) is 3.77. The van der Waals surface area contributed by atoms with Gasteiger partial charge in [0.1, 0.15) is 0 Å². The summed E-state index contributed by atoms with van der Waals surface area (Å²) in [6, 6.07) is 7.98. The predicted octanol–water partition coefficient (Wildman–Crippen LogP) is 3.30. The van der Waals surface area contributed by atoms with E-state index in [0.717, 1.165) is 46.9 Å². The highest BCUT2D eigenvalue weighted by Gasteiger charge is 2.30. The Bertz CT molecular complexity index is 940. The maximum Gasteiger partial charge on any atom is 0.231 e. The van der Waals surface area contributed by atoms with Crippen molar-refractivity contribution in [2.24, 2.45) is 0 Å². The zero-order valence-corrected chi connectivity index (χ0v) is 14.2. The van der Waals surface area contributed by atoms with E-state index in [1.165, 1.54) is 5.56 Å². The Hall–Kier alpha value is -2.82. The lowest BCUT2D eigenvalue weighted by atomic mass is 9.90. The molecule has 0 radical (unpaired) electrons. The number of benzene rings is 2. The first-order chi connectivity index (χ1) is 12.7. The summed E-state index contributed by atoms with van der Waals surface area (Å²) in [5, 5.41) is 0. The standard InChI is InChI=1S/C20H19NO4/c1-22-17-4-3-12-7-16-14-9-19-18(24-11-25-19)8-13(14)5-6-21(16)10-15(12)20(17)23-2/h3-4,7-9H,5-6,10-11H2,1-2H3/i10D. The van der Waals surface area contributed by atoms with Crippen LogP contribution in [-0.2, 0) is 12.9 Å². The second kappa shape index (κ2) is 5.34. The fraction of sp³-hybridized carbons (Fsp3) is 0.300. The van der Waals surface area contributed by atoms with E-state index in [1.807, 2.05) is 18.2 Å². The molecule has 0 aliphatic carbocycles. The molecule has 2 aromatic rings. The van der Waals surface area contributed by atoms with Gasteiger partial charge in [0.05, 0.1) is 15.6 Å². The third-order valence-electron chi connectivity index (χ3n) is 5.00. The molecule has 0 saturated carbocycles. The van der Waals surface area contributed by atoms with Crippen LogP contribution in [0, 0.1) is 0 Å². The lowest BCUT2D eigenvalue weighted by molar-refractivity contribution is 0.174. The van der Waals surface area contributed by atoms with Crippen LogP contribution in [0.15, 0.2) is 24.3 Å². The molecule has 5 rings (SSSR count). The van der Waals surface area contributed by atoms with Gasteiger partial charge in [-0.15, -0.1) is 0 Å². The first-order valence-electron chi connectivity index (χ1n) is 8.87. The Kier molecular flexibility index (Phi) is 2.88. The number of hydrogen-bond acceptors (Lipinski definition) is 5. The lowest BCUT2D eigenvalue weighted by Crippen LogP contribution is -2.31. The van der Waals surface area contributed by atoms with Gasteiger partial charge in [-0.1, -0.05) is 6.07 Å². The van der Waals surface area contributed by atoms with Crippen LogP contribution in [0.2, 0.25) is 0 Å².